The van der Waals surface area contributed by atoms with E-state index in [1.54, 1.807) is 10.9 Å². The topological polar surface area (TPSA) is 91.2 Å². The number of aromatic nitrogens is 4. The first-order valence-corrected chi connectivity index (χ1v) is 11.1. The van der Waals surface area contributed by atoms with Gasteiger partial charge in [0.25, 0.3) is 0 Å². The van der Waals surface area contributed by atoms with Gasteiger partial charge in [-0.1, -0.05) is 36.0 Å². The van der Waals surface area contributed by atoms with Crippen LogP contribution < -0.4 is 14.8 Å². The van der Waals surface area contributed by atoms with E-state index in [4.69, 9.17) is 9.47 Å². The Hall–Kier alpha value is -3.59. The van der Waals surface area contributed by atoms with Crippen molar-refractivity contribution in [2.45, 2.75) is 30.7 Å². The first-order valence-electron chi connectivity index (χ1n) is 10.2. The molecule has 2 aromatic heterocycles. The van der Waals surface area contributed by atoms with E-state index in [1.165, 1.54) is 11.8 Å². The Kier molecular flexibility index (Phi) is 5.40. The molecule has 9 heteroatoms. The summed E-state index contributed by atoms with van der Waals surface area (Å²) in [6.45, 7) is 4.35. The number of carbonyl (C=O) groups is 1. The van der Waals surface area contributed by atoms with Crippen LogP contribution in [0.25, 0.3) is 16.7 Å². The molecular weight excluding hydrogens is 426 g/mol. The van der Waals surface area contributed by atoms with Gasteiger partial charge in [-0.2, -0.15) is 5.10 Å². The fourth-order valence-electron chi connectivity index (χ4n) is 3.44. The maximum absolute atomic E-state index is 12.8. The molecule has 0 fully saturated rings. The minimum Gasteiger partial charge on any atom is -0.454 e. The summed E-state index contributed by atoms with van der Waals surface area (Å²) in [4.78, 5) is 21.9. The number of hydrogen-bond acceptors (Lipinski definition) is 7. The Morgan fingerprint density at radius 3 is 2.81 bits per heavy atom. The van der Waals surface area contributed by atoms with Gasteiger partial charge >= 0.3 is 0 Å². The van der Waals surface area contributed by atoms with Crippen LogP contribution in [0.1, 0.15) is 18.3 Å². The number of para-hydroxylation sites is 1. The van der Waals surface area contributed by atoms with Crippen LogP contribution in [0.2, 0.25) is 0 Å². The molecular formula is C23H21N5O3S. The predicted octanol–water partition coefficient (Wildman–Crippen LogP) is 3.65. The van der Waals surface area contributed by atoms with Crippen LogP contribution in [0.5, 0.6) is 11.5 Å². The molecule has 0 spiro atoms. The van der Waals surface area contributed by atoms with Gasteiger partial charge in [0.1, 0.15) is 10.9 Å². The van der Waals surface area contributed by atoms with E-state index in [-0.39, 0.29) is 18.0 Å². The third-order valence-electron chi connectivity index (χ3n) is 5.07. The molecule has 3 heterocycles. The van der Waals surface area contributed by atoms with E-state index in [9.17, 15) is 4.79 Å². The van der Waals surface area contributed by atoms with Gasteiger partial charge in [-0.05, 0) is 43.7 Å². The molecule has 1 amide bonds. The largest absolute Gasteiger partial charge is 0.454 e. The summed E-state index contributed by atoms with van der Waals surface area (Å²) in [5, 5.41) is 8.70. The molecule has 1 aliphatic heterocycles. The summed E-state index contributed by atoms with van der Waals surface area (Å²) in [7, 11) is 0. The van der Waals surface area contributed by atoms with E-state index in [2.05, 4.69) is 20.4 Å². The molecule has 162 valence electrons. The predicted molar refractivity (Wildman–Crippen MR) is 121 cm³/mol. The highest BCUT2D eigenvalue weighted by atomic mass is 32.2. The number of ether oxygens (including phenoxy) is 2. The Morgan fingerprint density at radius 1 is 1.16 bits per heavy atom. The van der Waals surface area contributed by atoms with Crippen molar-refractivity contribution in [2.24, 2.45) is 0 Å². The second-order valence-electron chi connectivity index (χ2n) is 7.37. The van der Waals surface area contributed by atoms with Gasteiger partial charge in [0.2, 0.25) is 12.7 Å². The molecule has 5 rings (SSSR count). The van der Waals surface area contributed by atoms with Crippen LogP contribution in [0.4, 0.5) is 0 Å². The van der Waals surface area contributed by atoms with Crippen LogP contribution in [-0.2, 0) is 11.3 Å². The highest BCUT2D eigenvalue weighted by Gasteiger charge is 2.20. The average Bonchev–Trinajstić information content (AvgIpc) is 3.44. The van der Waals surface area contributed by atoms with Crippen molar-refractivity contribution < 1.29 is 14.3 Å². The van der Waals surface area contributed by atoms with Crippen LogP contribution in [-0.4, -0.2) is 37.7 Å². The maximum atomic E-state index is 12.8. The number of hydrogen-bond donors (Lipinski definition) is 1. The molecule has 1 aliphatic rings. The van der Waals surface area contributed by atoms with E-state index >= 15 is 0 Å². The molecule has 1 atom stereocenters. The van der Waals surface area contributed by atoms with Crippen molar-refractivity contribution in [3.63, 3.8) is 0 Å². The number of benzene rings is 2. The Labute approximate surface area is 189 Å². The van der Waals surface area contributed by atoms with Crippen molar-refractivity contribution in [3.05, 3.63) is 66.1 Å². The summed E-state index contributed by atoms with van der Waals surface area (Å²) in [6, 6.07) is 15.5. The van der Waals surface area contributed by atoms with Crippen LogP contribution in [0.15, 0.2) is 59.8 Å². The number of carbonyl (C=O) groups excluding carboxylic acids is 1. The summed E-state index contributed by atoms with van der Waals surface area (Å²) in [5.41, 5.74) is 2.59. The monoisotopic (exact) mass is 447 g/mol. The molecule has 0 aliphatic carbocycles. The van der Waals surface area contributed by atoms with Crippen LogP contribution in [0.3, 0.4) is 0 Å². The molecule has 8 nitrogen and oxygen atoms in total. The fraction of sp³-hybridized carbons (Fsp3) is 0.217. The second-order valence-corrected chi connectivity index (χ2v) is 8.70. The molecule has 4 aromatic rings. The minimum absolute atomic E-state index is 0.0764. The smallest absolute Gasteiger partial charge is 0.233 e. The van der Waals surface area contributed by atoms with E-state index in [0.717, 1.165) is 33.1 Å². The normalized spacial score (nSPS) is 13.3. The number of rotatable bonds is 6. The first kappa shape index (κ1) is 20.3. The number of aryl methyl sites for hydroxylation is 1. The second kappa shape index (κ2) is 8.51. The van der Waals surface area contributed by atoms with Crippen molar-refractivity contribution in [1.82, 2.24) is 25.1 Å². The molecule has 0 saturated heterocycles. The summed E-state index contributed by atoms with van der Waals surface area (Å²) >= 11 is 1.40. The molecule has 0 radical (unpaired) electrons. The zero-order valence-corrected chi connectivity index (χ0v) is 18.4. The fourth-order valence-corrected chi connectivity index (χ4v) is 4.42. The molecule has 2 aromatic carbocycles. The zero-order valence-electron chi connectivity index (χ0n) is 17.6. The highest BCUT2D eigenvalue weighted by Crippen LogP contribution is 2.33. The highest BCUT2D eigenvalue weighted by molar-refractivity contribution is 8.00. The van der Waals surface area contributed by atoms with Gasteiger partial charge in [-0.3, -0.25) is 4.79 Å². The van der Waals surface area contributed by atoms with Gasteiger partial charge in [0, 0.05) is 6.54 Å². The van der Waals surface area contributed by atoms with Crippen molar-refractivity contribution in [3.8, 4) is 17.2 Å². The minimum atomic E-state index is -0.346. The number of nitrogens with zero attached hydrogens (tertiary/aromatic N) is 4. The summed E-state index contributed by atoms with van der Waals surface area (Å²) in [6.07, 6.45) is 1.75. The van der Waals surface area contributed by atoms with Gasteiger partial charge in [0.05, 0.1) is 22.5 Å². The van der Waals surface area contributed by atoms with Crippen molar-refractivity contribution >= 4 is 28.7 Å². The lowest BCUT2D eigenvalue weighted by atomic mass is 10.2. The molecule has 1 N–H and O–H groups in total. The summed E-state index contributed by atoms with van der Waals surface area (Å²) in [5.74, 6) is 1.98. The summed E-state index contributed by atoms with van der Waals surface area (Å²) < 4.78 is 12.5. The number of fused-ring (bicyclic) bond motifs is 2. The lowest BCUT2D eigenvalue weighted by Gasteiger charge is -2.13. The number of amides is 1. The van der Waals surface area contributed by atoms with Gasteiger partial charge in [-0.25, -0.2) is 14.6 Å². The Morgan fingerprint density at radius 2 is 1.97 bits per heavy atom. The zero-order chi connectivity index (χ0) is 22.1. The first-order chi connectivity index (χ1) is 15.6. The number of thioether (sulfide) groups is 1. The van der Waals surface area contributed by atoms with E-state index < -0.39 is 0 Å². The van der Waals surface area contributed by atoms with E-state index in [1.807, 2.05) is 62.4 Å². The quantitative estimate of drug-likeness (QED) is 0.356. The Balaban J connectivity index is 1.31. The SMILES string of the molecule is Cc1nc(S[C@H](C)C(=O)NCc2ccc3c(c2)OCO3)c2cnn(-c3ccccc3)c2n1. The molecule has 32 heavy (non-hydrogen) atoms. The standard InChI is InChI=1S/C23H21N5O3S/c1-14(22(29)24-11-16-8-9-19-20(10-16)31-13-30-19)32-23-18-12-25-28(17-6-4-3-5-7-17)21(18)26-15(2)27-23/h3-10,12,14H,11,13H2,1-2H3,(H,24,29)/t14-/m1/s1. The maximum Gasteiger partial charge on any atom is 0.233 e. The Bertz CT molecular complexity index is 1290. The average molecular weight is 448 g/mol. The van der Waals surface area contributed by atoms with E-state index in [0.29, 0.717) is 18.1 Å². The lowest BCUT2D eigenvalue weighted by Crippen LogP contribution is -2.30. The van der Waals surface area contributed by atoms with Crippen molar-refractivity contribution in [2.75, 3.05) is 6.79 Å². The molecule has 0 unspecified atom stereocenters. The lowest BCUT2D eigenvalue weighted by molar-refractivity contribution is -0.120. The third kappa shape index (κ3) is 3.99. The molecule has 0 bridgehead atoms. The van der Waals surface area contributed by atoms with Crippen LogP contribution >= 0.6 is 11.8 Å². The van der Waals surface area contributed by atoms with Gasteiger partial charge in [-0.15, -0.1) is 0 Å². The van der Waals surface area contributed by atoms with Gasteiger partial charge < -0.3 is 14.8 Å². The molecule has 0 saturated carbocycles. The third-order valence-corrected chi connectivity index (χ3v) is 6.17. The number of nitrogens with one attached hydrogen (secondary N) is 1. The van der Waals surface area contributed by atoms with Crippen LogP contribution in [0, 0.1) is 6.92 Å². The van der Waals surface area contributed by atoms with Crippen molar-refractivity contribution in [1.29, 1.82) is 0 Å². The van der Waals surface area contributed by atoms with Gasteiger partial charge in [0.15, 0.2) is 17.1 Å².